The lowest BCUT2D eigenvalue weighted by atomic mass is 10.0. The monoisotopic (exact) mass is 436 g/mol. The zero-order chi connectivity index (χ0) is 21.9. The molecule has 0 fully saturated rings. The van der Waals surface area contributed by atoms with Gasteiger partial charge >= 0.3 is 5.97 Å². The van der Waals surface area contributed by atoms with E-state index in [1.807, 2.05) is 12.3 Å². The van der Waals surface area contributed by atoms with Crippen molar-refractivity contribution in [1.29, 1.82) is 0 Å². The van der Waals surface area contributed by atoms with Crippen molar-refractivity contribution in [1.82, 2.24) is 0 Å². The summed E-state index contributed by atoms with van der Waals surface area (Å²) in [6.45, 7) is 2.94. The summed E-state index contributed by atoms with van der Waals surface area (Å²) in [5, 5.41) is 9.18. The van der Waals surface area contributed by atoms with Gasteiger partial charge in [0, 0.05) is 4.90 Å². The second-order valence-electron chi connectivity index (χ2n) is 8.35. The zero-order valence-corrected chi connectivity index (χ0v) is 20.2. The highest BCUT2D eigenvalue weighted by Crippen LogP contribution is 2.24. The standard InChI is InChI=1S/C26H44O3S/c1-3-4-5-6-7-8-9-10-11-12-13-14-15-16-17-18-19-29-24-20-23(26(27)28)21-25(22-24)30-2/h20-22H,3-19H2,1-2H3,(H,27,28). The molecular formula is C26H44O3S. The molecule has 1 N–H and O–H groups in total. The van der Waals surface area contributed by atoms with Gasteiger partial charge in [0.25, 0.3) is 0 Å². The first-order valence-corrected chi connectivity index (χ1v) is 13.4. The Bertz CT molecular complexity index is 559. The summed E-state index contributed by atoms with van der Waals surface area (Å²) in [7, 11) is 0. The SMILES string of the molecule is CCCCCCCCCCCCCCCCCCOc1cc(SC)cc(C(=O)O)c1. The van der Waals surface area contributed by atoms with E-state index in [1.54, 1.807) is 12.1 Å². The van der Waals surface area contributed by atoms with Crippen LogP contribution in [0.25, 0.3) is 0 Å². The zero-order valence-electron chi connectivity index (χ0n) is 19.4. The lowest BCUT2D eigenvalue weighted by Gasteiger charge is -2.09. The van der Waals surface area contributed by atoms with Crippen LogP contribution in [0.4, 0.5) is 0 Å². The summed E-state index contributed by atoms with van der Waals surface area (Å²) >= 11 is 1.54. The van der Waals surface area contributed by atoms with Crippen LogP contribution in [-0.4, -0.2) is 23.9 Å². The van der Waals surface area contributed by atoms with Crippen LogP contribution in [0, 0.1) is 0 Å². The van der Waals surface area contributed by atoms with E-state index in [1.165, 1.54) is 108 Å². The first kappa shape index (κ1) is 26.9. The largest absolute Gasteiger partial charge is 0.494 e. The number of rotatable bonds is 20. The minimum atomic E-state index is -0.904. The predicted molar refractivity (Wildman–Crippen MR) is 130 cm³/mol. The lowest BCUT2D eigenvalue weighted by molar-refractivity contribution is 0.0696. The lowest BCUT2D eigenvalue weighted by Crippen LogP contribution is -2.01. The summed E-state index contributed by atoms with van der Waals surface area (Å²) < 4.78 is 5.78. The predicted octanol–water partition coefficient (Wildman–Crippen LogP) is 8.75. The minimum Gasteiger partial charge on any atom is -0.494 e. The Morgan fingerprint density at radius 1 is 0.767 bits per heavy atom. The van der Waals surface area contributed by atoms with Crippen molar-refractivity contribution < 1.29 is 14.6 Å². The molecule has 3 nitrogen and oxygen atoms in total. The maximum atomic E-state index is 11.2. The molecule has 0 aliphatic rings. The van der Waals surface area contributed by atoms with Crippen molar-refractivity contribution in [2.75, 3.05) is 12.9 Å². The van der Waals surface area contributed by atoms with Gasteiger partial charge in [-0.2, -0.15) is 0 Å². The average molecular weight is 437 g/mol. The van der Waals surface area contributed by atoms with Gasteiger partial charge in [-0.05, 0) is 30.9 Å². The van der Waals surface area contributed by atoms with Crippen LogP contribution >= 0.6 is 11.8 Å². The summed E-state index contributed by atoms with van der Waals surface area (Å²) in [6.07, 6.45) is 23.7. The third kappa shape index (κ3) is 14.0. The Morgan fingerprint density at radius 2 is 1.23 bits per heavy atom. The molecule has 1 aromatic rings. The Morgan fingerprint density at radius 3 is 1.67 bits per heavy atom. The molecule has 0 saturated carbocycles. The quantitative estimate of drug-likeness (QED) is 0.164. The van der Waals surface area contributed by atoms with Gasteiger partial charge in [-0.25, -0.2) is 4.79 Å². The van der Waals surface area contributed by atoms with Gasteiger partial charge in [0.05, 0.1) is 12.2 Å². The van der Waals surface area contributed by atoms with E-state index < -0.39 is 5.97 Å². The Hall–Kier alpha value is -1.16. The highest BCUT2D eigenvalue weighted by Gasteiger charge is 2.07. The van der Waals surface area contributed by atoms with Gasteiger partial charge in [0.15, 0.2) is 0 Å². The van der Waals surface area contributed by atoms with E-state index in [9.17, 15) is 9.90 Å². The van der Waals surface area contributed by atoms with Crippen molar-refractivity contribution in [3.05, 3.63) is 23.8 Å². The normalized spacial score (nSPS) is 11.0. The molecule has 0 aliphatic carbocycles. The molecule has 1 rings (SSSR count). The number of thioether (sulfide) groups is 1. The maximum Gasteiger partial charge on any atom is 0.335 e. The highest BCUT2D eigenvalue weighted by atomic mass is 32.2. The number of hydrogen-bond donors (Lipinski definition) is 1. The number of carboxylic acid groups (broad SMARTS) is 1. The fourth-order valence-electron chi connectivity index (χ4n) is 3.74. The maximum absolute atomic E-state index is 11.2. The smallest absolute Gasteiger partial charge is 0.335 e. The van der Waals surface area contributed by atoms with Gasteiger partial charge in [-0.3, -0.25) is 0 Å². The van der Waals surface area contributed by atoms with Crippen molar-refractivity contribution in [3.8, 4) is 5.75 Å². The van der Waals surface area contributed by atoms with E-state index in [2.05, 4.69) is 6.92 Å². The van der Waals surface area contributed by atoms with Crippen LogP contribution in [0.2, 0.25) is 0 Å². The third-order valence-electron chi connectivity index (χ3n) is 5.63. The van der Waals surface area contributed by atoms with Crippen molar-refractivity contribution in [3.63, 3.8) is 0 Å². The molecule has 0 aliphatic heterocycles. The number of carboxylic acids is 1. The molecule has 0 saturated heterocycles. The molecule has 0 aromatic heterocycles. The highest BCUT2D eigenvalue weighted by molar-refractivity contribution is 7.98. The van der Waals surface area contributed by atoms with Gasteiger partial charge in [-0.15, -0.1) is 11.8 Å². The van der Waals surface area contributed by atoms with E-state index in [-0.39, 0.29) is 0 Å². The Kier molecular flexibility index (Phi) is 16.7. The van der Waals surface area contributed by atoms with Crippen LogP contribution in [-0.2, 0) is 0 Å². The number of hydrogen-bond acceptors (Lipinski definition) is 3. The molecular weight excluding hydrogens is 392 g/mol. The molecule has 0 atom stereocenters. The second-order valence-corrected chi connectivity index (χ2v) is 9.23. The summed E-state index contributed by atoms with van der Waals surface area (Å²) in [6, 6.07) is 5.23. The minimum absolute atomic E-state index is 0.295. The van der Waals surface area contributed by atoms with Gasteiger partial charge in [0.1, 0.15) is 5.75 Å². The first-order chi connectivity index (χ1) is 14.7. The summed E-state index contributed by atoms with van der Waals surface area (Å²) in [5.41, 5.74) is 0.295. The summed E-state index contributed by atoms with van der Waals surface area (Å²) in [4.78, 5) is 12.1. The number of aromatic carboxylic acids is 1. The number of benzene rings is 1. The Labute approximate surface area is 189 Å². The molecule has 4 heteroatoms. The van der Waals surface area contributed by atoms with Crippen LogP contribution < -0.4 is 4.74 Å². The molecule has 0 bridgehead atoms. The molecule has 1 aromatic carbocycles. The van der Waals surface area contributed by atoms with Crippen molar-refractivity contribution in [2.24, 2.45) is 0 Å². The fraction of sp³-hybridized carbons (Fsp3) is 0.731. The molecule has 30 heavy (non-hydrogen) atoms. The van der Waals surface area contributed by atoms with Crippen molar-refractivity contribution in [2.45, 2.75) is 115 Å². The Balaban J connectivity index is 1.91. The molecule has 0 heterocycles. The fourth-order valence-corrected chi connectivity index (χ4v) is 4.22. The van der Waals surface area contributed by atoms with Gasteiger partial charge in [0.2, 0.25) is 0 Å². The first-order valence-electron chi connectivity index (χ1n) is 12.2. The van der Waals surface area contributed by atoms with Crippen LogP contribution in [0.5, 0.6) is 5.75 Å². The van der Waals surface area contributed by atoms with E-state index >= 15 is 0 Å². The van der Waals surface area contributed by atoms with Gasteiger partial charge in [-0.1, -0.05) is 103 Å². The third-order valence-corrected chi connectivity index (χ3v) is 6.34. The number of ether oxygens (including phenoxy) is 1. The second kappa shape index (κ2) is 18.6. The number of carbonyl (C=O) groups is 1. The van der Waals surface area contributed by atoms with E-state index in [4.69, 9.17) is 4.74 Å². The van der Waals surface area contributed by atoms with Crippen LogP contribution in [0.3, 0.4) is 0 Å². The molecule has 0 spiro atoms. The van der Waals surface area contributed by atoms with E-state index in [0.717, 1.165) is 11.3 Å². The molecule has 0 unspecified atom stereocenters. The van der Waals surface area contributed by atoms with Crippen LogP contribution in [0.15, 0.2) is 23.1 Å². The topological polar surface area (TPSA) is 46.5 Å². The molecule has 0 radical (unpaired) electrons. The molecule has 172 valence electrons. The van der Waals surface area contributed by atoms with Gasteiger partial charge < -0.3 is 9.84 Å². The number of unbranched alkanes of at least 4 members (excludes halogenated alkanes) is 15. The average Bonchev–Trinajstić information content (AvgIpc) is 2.75. The van der Waals surface area contributed by atoms with E-state index in [0.29, 0.717) is 17.9 Å². The van der Waals surface area contributed by atoms with Crippen molar-refractivity contribution >= 4 is 17.7 Å². The summed E-state index contributed by atoms with van der Waals surface area (Å²) in [5.74, 6) is -0.238. The molecule has 0 amide bonds. The van der Waals surface area contributed by atoms with Crippen LogP contribution in [0.1, 0.15) is 120 Å².